The van der Waals surface area contributed by atoms with E-state index in [2.05, 4.69) is 32.9 Å². The van der Waals surface area contributed by atoms with Gasteiger partial charge in [-0.05, 0) is 51.4 Å². The minimum absolute atomic E-state index is 0.0327. The van der Waals surface area contributed by atoms with Crippen molar-refractivity contribution in [2.75, 3.05) is 39.3 Å². The van der Waals surface area contributed by atoms with Gasteiger partial charge in [0, 0.05) is 57.3 Å². The van der Waals surface area contributed by atoms with E-state index in [4.69, 9.17) is 0 Å². The minimum atomic E-state index is -4.09. The lowest BCUT2D eigenvalue weighted by atomic mass is 9.78. The van der Waals surface area contributed by atoms with Gasteiger partial charge in [-0.1, -0.05) is 0 Å². The number of hydrogen-bond acceptors (Lipinski definition) is 5. The molecule has 30 heavy (non-hydrogen) atoms. The van der Waals surface area contributed by atoms with E-state index >= 15 is 0 Å². The minimum Gasteiger partial charge on any atom is -0.301 e. The second-order valence-corrected chi connectivity index (χ2v) is 9.90. The van der Waals surface area contributed by atoms with E-state index in [-0.39, 0.29) is 19.1 Å². The number of alkyl halides is 4. The Hall–Kier alpha value is -0.480. The summed E-state index contributed by atoms with van der Waals surface area (Å²) < 4.78 is 52.3. The molecule has 0 bridgehead atoms. The molecular weight excluding hydrogens is 398 g/mol. The van der Waals surface area contributed by atoms with Gasteiger partial charge in [-0.2, -0.15) is 13.2 Å². The van der Waals surface area contributed by atoms with Gasteiger partial charge in [0.1, 0.15) is 6.17 Å². The van der Waals surface area contributed by atoms with Crippen molar-refractivity contribution in [2.24, 2.45) is 17.8 Å². The van der Waals surface area contributed by atoms with Gasteiger partial charge < -0.3 is 5.32 Å². The Balaban J connectivity index is 1.25. The number of rotatable bonds is 4. The maximum atomic E-state index is 13.5. The molecule has 9 heteroatoms. The molecule has 174 valence electrons. The lowest BCUT2D eigenvalue weighted by Crippen LogP contribution is -2.61. The van der Waals surface area contributed by atoms with Crippen molar-refractivity contribution in [1.29, 1.82) is 0 Å². The summed E-state index contributed by atoms with van der Waals surface area (Å²) in [4.78, 5) is 4.86. The molecule has 5 nitrogen and oxygen atoms in total. The first-order valence-electron chi connectivity index (χ1n) is 11.7. The highest BCUT2D eigenvalue weighted by atomic mass is 19.4. The largest absolute Gasteiger partial charge is 0.393 e. The van der Waals surface area contributed by atoms with Crippen molar-refractivity contribution in [1.82, 2.24) is 26.0 Å². The normalized spacial score (nSPS) is 42.5. The Morgan fingerprint density at radius 3 is 2.37 bits per heavy atom. The first kappa shape index (κ1) is 22.7. The highest BCUT2D eigenvalue weighted by Gasteiger charge is 2.43. The van der Waals surface area contributed by atoms with Crippen LogP contribution in [0.3, 0.4) is 0 Å². The van der Waals surface area contributed by atoms with Gasteiger partial charge in [-0.15, -0.1) is 0 Å². The van der Waals surface area contributed by atoms with Crippen LogP contribution in [-0.4, -0.2) is 79.7 Å². The molecule has 4 rings (SSSR count). The molecule has 0 aromatic carbocycles. The summed E-state index contributed by atoms with van der Waals surface area (Å²) in [5, 5.41) is 3.14. The summed E-state index contributed by atoms with van der Waals surface area (Å²) >= 11 is 0. The van der Waals surface area contributed by atoms with Crippen LogP contribution in [0.25, 0.3) is 0 Å². The van der Waals surface area contributed by atoms with E-state index in [1.165, 1.54) is 0 Å². The smallest absolute Gasteiger partial charge is 0.301 e. The molecule has 0 radical (unpaired) electrons. The van der Waals surface area contributed by atoms with E-state index < -0.39 is 18.3 Å². The molecule has 1 aliphatic carbocycles. The fourth-order valence-electron chi connectivity index (χ4n) is 5.98. The summed E-state index contributed by atoms with van der Waals surface area (Å²) in [6.07, 6.45) is -0.562. The second kappa shape index (κ2) is 9.57. The van der Waals surface area contributed by atoms with Gasteiger partial charge in [0.15, 0.2) is 0 Å². The Morgan fingerprint density at radius 1 is 0.967 bits per heavy atom. The molecule has 0 aromatic heterocycles. The zero-order valence-electron chi connectivity index (χ0n) is 17.9. The maximum absolute atomic E-state index is 13.5. The third-order valence-corrected chi connectivity index (χ3v) is 7.91. The maximum Gasteiger partial charge on any atom is 0.393 e. The van der Waals surface area contributed by atoms with Crippen LogP contribution in [0.1, 0.15) is 45.4 Å². The van der Waals surface area contributed by atoms with Crippen LogP contribution in [0.15, 0.2) is 0 Å². The van der Waals surface area contributed by atoms with E-state index in [9.17, 15) is 17.6 Å². The fourth-order valence-corrected chi connectivity index (χ4v) is 5.98. The number of nitrogens with one attached hydrogen (secondary N) is 3. The van der Waals surface area contributed by atoms with Crippen LogP contribution >= 0.6 is 0 Å². The number of halogens is 4. The average molecular weight is 436 g/mol. The van der Waals surface area contributed by atoms with Crippen molar-refractivity contribution in [2.45, 2.75) is 76.0 Å². The molecule has 0 amide bonds. The Kier molecular flexibility index (Phi) is 7.24. The van der Waals surface area contributed by atoms with E-state index in [1.807, 2.05) is 0 Å². The van der Waals surface area contributed by atoms with Crippen molar-refractivity contribution in [3.8, 4) is 0 Å². The van der Waals surface area contributed by atoms with Gasteiger partial charge in [-0.3, -0.25) is 20.7 Å². The molecule has 3 N–H and O–H groups in total. The number of hydrazine groups is 1. The number of piperazine rings is 1. The van der Waals surface area contributed by atoms with Gasteiger partial charge in [0.05, 0.1) is 12.1 Å². The van der Waals surface area contributed by atoms with Crippen LogP contribution in [0, 0.1) is 17.8 Å². The van der Waals surface area contributed by atoms with E-state index in [0.29, 0.717) is 43.2 Å². The molecule has 3 saturated heterocycles. The highest BCUT2D eigenvalue weighted by molar-refractivity contribution is 4.94. The van der Waals surface area contributed by atoms with Gasteiger partial charge in [0.2, 0.25) is 0 Å². The number of hydrogen-bond donors (Lipinski definition) is 3. The fraction of sp³-hybridized carbons (Fsp3) is 1.00. The van der Waals surface area contributed by atoms with Crippen LogP contribution in [0.2, 0.25) is 0 Å². The zero-order chi connectivity index (χ0) is 21.3. The second-order valence-electron chi connectivity index (χ2n) is 9.90. The predicted octanol–water partition coefficient (Wildman–Crippen LogP) is 2.50. The summed E-state index contributed by atoms with van der Waals surface area (Å²) in [5.74, 6) is -0.152. The van der Waals surface area contributed by atoms with Crippen molar-refractivity contribution < 1.29 is 17.6 Å². The summed E-state index contributed by atoms with van der Waals surface area (Å²) in [6, 6.07) is 0.783. The van der Waals surface area contributed by atoms with Crippen molar-refractivity contribution in [3.05, 3.63) is 0 Å². The SMILES string of the molecule is CC1CN(C2CCC(C(F)(F)F)CN2)CCN1CC1CNNC1C1CCC(F)CC1. The Labute approximate surface area is 177 Å². The molecule has 4 fully saturated rings. The molecule has 1 saturated carbocycles. The Morgan fingerprint density at radius 2 is 1.73 bits per heavy atom. The predicted molar refractivity (Wildman–Crippen MR) is 108 cm³/mol. The lowest BCUT2D eigenvalue weighted by Gasteiger charge is -2.46. The first-order valence-corrected chi connectivity index (χ1v) is 11.7. The first-order chi connectivity index (χ1) is 14.3. The summed E-state index contributed by atoms with van der Waals surface area (Å²) in [7, 11) is 0. The summed E-state index contributed by atoms with van der Waals surface area (Å²) in [6.45, 7) is 6.95. The van der Waals surface area contributed by atoms with Crippen LogP contribution in [0.5, 0.6) is 0 Å². The molecule has 5 unspecified atom stereocenters. The van der Waals surface area contributed by atoms with Crippen LogP contribution in [-0.2, 0) is 0 Å². The quantitative estimate of drug-likeness (QED) is 0.593. The molecular formula is C21H37F4N5. The Bertz CT molecular complexity index is 546. The lowest BCUT2D eigenvalue weighted by molar-refractivity contribution is -0.182. The van der Waals surface area contributed by atoms with Gasteiger partial charge in [-0.25, -0.2) is 4.39 Å². The number of nitrogens with zero attached hydrogens (tertiary/aromatic N) is 2. The van der Waals surface area contributed by atoms with Crippen LogP contribution < -0.4 is 16.2 Å². The molecule has 3 aliphatic heterocycles. The van der Waals surface area contributed by atoms with Crippen LogP contribution in [0.4, 0.5) is 17.6 Å². The molecule has 5 atom stereocenters. The van der Waals surface area contributed by atoms with Crippen molar-refractivity contribution in [3.63, 3.8) is 0 Å². The van der Waals surface area contributed by atoms with E-state index in [1.54, 1.807) is 0 Å². The highest BCUT2D eigenvalue weighted by Crippen LogP contribution is 2.34. The molecule has 0 spiro atoms. The molecule has 0 aromatic rings. The molecule has 4 aliphatic rings. The monoisotopic (exact) mass is 435 g/mol. The summed E-state index contributed by atoms with van der Waals surface area (Å²) in [5.41, 5.74) is 6.79. The third-order valence-electron chi connectivity index (χ3n) is 7.91. The van der Waals surface area contributed by atoms with Gasteiger partial charge in [0.25, 0.3) is 0 Å². The van der Waals surface area contributed by atoms with Gasteiger partial charge >= 0.3 is 6.18 Å². The standard InChI is InChI=1S/C21H37F4N5/c1-14-12-30(19-7-4-17(11-26-19)21(23,24)25)9-8-29(14)13-16-10-27-28-20(16)15-2-5-18(22)6-3-15/h14-20,26-28H,2-13H2,1H3. The van der Waals surface area contributed by atoms with Crippen molar-refractivity contribution >= 4 is 0 Å². The number of piperidine rings is 1. The average Bonchev–Trinajstić information content (AvgIpc) is 3.18. The molecule has 3 heterocycles. The van der Waals surface area contributed by atoms with E-state index in [0.717, 1.165) is 45.6 Å². The topological polar surface area (TPSA) is 42.6 Å². The zero-order valence-corrected chi connectivity index (χ0v) is 17.9. The third kappa shape index (κ3) is 5.28.